The van der Waals surface area contributed by atoms with E-state index in [-0.39, 0.29) is 16.9 Å². The van der Waals surface area contributed by atoms with Crippen LogP contribution in [-0.2, 0) is 10.0 Å². The standard InChI is InChI=1S/C15H22N2O3S/c1-11-7-12(9-16)5-6-14(11)21(19,20)17-10-13(18)8-15(2,3)4/h5-7,13,17-18H,8,10H2,1-4H3. The number of nitriles is 1. The molecule has 5 nitrogen and oxygen atoms in total. The van der Waals surface area contributed by atoms with E-state index < -0.39 is 16.1 Å². The fraction of sp³-hybridized carbons (Fsp3) is 0.533. The van der Waals surface area contributed by atoms with Crippen LogP contribution in [0.2, 0.25) is 0 Å². The molecule has 1 aromatic carbocycles. The van der Waals surface area contributed by atoms with Gasteiger partial charge in [-0.2, -0.15) is 5.26 Å². The molecule has 0 aliphatic rings. The van der Waals surface area contributed by atoms with E-state index in [9.17, 15) is 13.5 Å². The van der Waals surface area contributed by atoms with Crippen molar-refractivity contribution in [2.24, 2.45) is 5.41 Å². The van der Waals surface area contributed by atoms with Gasteiger partial charge in [0.1, 0.15) is 0 Å². The zero-order chi connectivity index (χ0) is 16.3. The number of sulfonamides is 1. The normalized spacial score (nSPS) is 13.7. The van der Waals surface area contributed by atoms with E-state index in [4.69, 9.17) is 5.26 Å². The molecule has 1 rings (SSSR count). The quantitative estimate of drug-likeness (QED) is 0.869. The fourth-order valence-corrected chi connectivity index (χ4v) is 3.38. The Hall–Kier alpha value is -1.42. The SMILES string of the molecule is Cc1cc(C#N)ccc1S(=O)(=O)NCC(O)CC(C)(C)C. The molecular formula is C15H22N2O3S. The highest BCUT2D eigenvalue weighted by Crippen LogP contribution is 2.21. The molecule has 1 aromatic rings. The summed E-state index contributed by atoms with van der Waals surface area (Å²) in [4.78, 5) is 0.129. The van der Waals surface area contributed by atoms with E-state index in [2.05, 4.69) is 4.72 Å². The Bertz CT molecular complexity index is 640. The number of aryl methyl sites for hydroxylation is 1. The van der Waals surface area contributed by atoms with Crippen molar-refractivity contribution in [3.63, 3.8) is 0 Å². The highest BCUT2D eigenvalue weighted by Gasteiger charge is 2.21. The Morgan fingerprint density at radius 3 is 2.48 bits per heavy atom. The van der Waals surface area contributed by atoms with Crippen LogP contribution in [0.5, 0.6) is 0 Å². The maximum absolute atomic E-state index is 12.2. The Labute approximate surface area is 126 Å². The minimum Gasteiger partial charge on any atom is -0.392 e. The summed E-state index contributed by atoms with van der Waals surface area (Å²) in [6.45, 7) is 7.56. The minimum atomic E-state index is -3.69. The van der Waals surface area contributed by atoms with E-state index in [1.165, 1.54) is 18.2 Å². The van der Waals surface area contributed by atoms with Gasteiger partial charge in [-0.3, -0.25) is 0 Å². The molecule has 0 bridgehead atoms. The Morgan fingerprint density at radius 1 is 1.38 bits per heavy atom. The van der Waals surface area contributed by atoms with Crippen molar-refractivity contribution in [1.29, 1.82) is 5.26 Å². The number of nitrogens with zero attached hydrogens (tertiary/aromatic N) is 1. The van der Waals surface area contributed by atoms with Crippen LogP contribution in [0.4, 0.5) is 0 Å². The second kappa shape index (κ2) is 6.56. The highest BCUT2D eigenvalue weighted by molar-refractivity contribution is 7.89. The molecule has 0 heterocycles. The molecule has 0 aliphatic carbocycles. The minimum absolute atomic E-state index is 0.0287. The first-order chi connectivity index (χ1) is 9.55. The second-order valence-corrected chi connectivity index (χ2v) is 8.10. The maximum Gasteiger partial charge on any atom is 0.240 e. The number of benzene rings is 1. The molecule has 6 heteroatoms. The topological polar surface area (TPSA) is 90.2 Å². The van der Waals surface area contributed by atoms with Crippen LogP contribution in [0.15, 0.2) is 23.1 Å². The number of aliphatic hydroxyl groups excluding tert-OH is 1. The van der Waals surface area contributed by atoms with Crippen molar-refractivity contribution in [2.45, 2.75) is 45.1 Å². The van der Waals surface area contributed by atoms with Gasteiger partial charge in [0.2, 0.25) is 10.0 Å². The molecule has 0 amide bonds. The number of nitrogens with one attached hydrogen (secondary N) is 1. The zero-order valence-corrected chi connectivity index (χ0v) is 13.7. The van der Waals surface area contributed by atoms with Gasteiger partial charge in [-0.25, -0.2) is 13.1 Å². The lowest BCUT2D eigenvalue weighted by atomic mass is 9.89. The van der Waals surface area contributed by atoms with E-state index in [1.807, 2.05) is 26.8 Å². The molecule has 1 unspecified atom stereocenters. The summed E-state index contributed by atoms with van der Waals surface area (Å²) in [6, 6.07) is 6.37. The average molecular weight is 310 g/mol. The van der Waals surface area contributed by atoms with Crippen LogP contribution >= 0.6 is 0 Å². The van der Waals surface area contributed by atoms with Crippen molar-refractivity contribution in [3.05, 3.63) is 29.3 Å². The Kier molecular flexibility index (Phi) is 5.51. The maximum atomic E-state index is 12.2. The summed E-state index contributed by atoms with van der Waals surface area (Å²) in [5.74, 6) is 0. The van der Waals surface area contributed by atoms with Crippen LogP contribution < -0.4 is 4.72 Å². The highest BCUT2D eigenvalue weighted by atomic mass is 32.2. The summed E-state index contributed by atoms with van der Waals surface area (Å²) in [7, 11) is -3.69. The summed E-state index contributed by atoms with van der Waals surface area (Å²) in [5.41, 5.74) is 0.848. The molecule has 0 saturated heterocycles. The fourth-order valence-electron chi connectivity index (χ4n) is 2.08. The molecule has 0 fully saturated rings. The lowest BCUT2D eigenvalue weighted by Crippen LogP contribution is -2.34. The van der Waals surface area contributed by atoms with Crippen molar-refractivity contribution in [1.82, 2.24) is 4.72 Å². The van der Waals surface area contributed by atoms with Gasteiger partial charge in [-0.05, 0) is 42.5 Å². The van der Waals surface area contributed by atoms with Gasteiger partial charge in [0, 0.05) is 6.54 Å². The Morgan fingerprint density at radius 2 is 2.00 bits per heavy atom. The predicted octanol–water partition coefficient (Wildman–Crippen LogP) is 1.94. The van der Waals surface area contributed by atoms with Gasteiger partial charge in [0.15, 0.2) is 0 Å². The smallest absolute Gasteiger partial charge is 0.240 e. The van der Waals surface area contributed by atoms with E-state index >= 15 is 0 Å². The van der Waals surface area contributed by atoms with E-state index in [0.717, 1.165) is 0 Å². The molecular weight excluding hydrogens is 288 g/mol. The van der Waals surface area contributed by atoms with Gasteiger partial charge >= 0.3 is 0 Å². The van der Waals surface area contributed by atoms with Crippen molar-refractivity contribution in [3.8, 4) is 6.07 Å². The zero-order valence-electron chi connectivity index (χ0n) is 12.8. The van der Waals surface area contributed by atoms with Crippen LogP contribution in [0, 0.1) is 23.7 Å². The average Bonchev–Trinajstić information content (AvgIpc) is 2.34. The lowest BCUT2D eigenvalue weighted by Gasteiger charge is -2.22. The van der Waals surface area contributed by atoms with E-state index in [1.54, 1.807) is 6.92 Å². The van der Waals surface area contributed by atoms with Crippen LogP contribution in [0.25, 0.3) is 0 Å². The van der Waals surface area contributed by atoms with Gasteiger partial charge in [0.05, 0.1) is 22.6 Å². The summed E-state index contributed by atoms with van der Waals surface area (Å²) < 4.78 is 26.9. The number of hydrogen-bond donors (Lipinski definition) is 2. The second-order valence-electron chi connectivity index (χ2n) is 6.36. The third-order valence-electron chi connectivity index (χ3n) is 2.95. The molecule has 2 N–H and O–H groups in total. The van der Waals surface area contributed by atoms with E-state index in [0.29, 0.717) is 17.5 Å². The van der Waals surface area contributed by atoms with Crippen LogP contribution in [-0.4, -0.2) is 26.2 Å². The number of aliphatic hydroxyl groups is 1. The van der Waals surface area contributed by atoms with Gasteiger partial charge in [0.25, 0.3) is 0 Å². The van der Waals surface area contributed by atoms with Crippen LogP contribution in [0.1, 0.15) is 38.3 Å². The summed E-state index contributed by atoms with van der Waals surface area (Å²) >= 11 is 0. The summed E-state index contributed by atoms with van der Waals surface area (Å²) in [6.07, 6.45) is -0.236. The number of rotatable bonds is 5. The lowest BCUT2D eigenvalue weighted by molar-refractivity contribution is 0.125. The predicted molar refractivity (Wildman–Crippen MR) is 81.2 cm³/mol. The monoisotopic (exact) mass is 310 g/mol. The van der Waals surface area contributed by atoms with Crippen molar-refractivity contribution in [2.75, 3.05) is 6.54 Å². The first-order valence-corrected chi connectivity index (χ1v) is 8.22. The number of hydrogen-bond acceptors (Lipinski definition) is 4. The van der Waals surface area contributed by atoms with Gasteiger partial charge < -0.3 is 5.11 Å². The van der Waals surface area contributed by atoms with Gasteiger partial charge in [-0.15, -0.1) is 0 Å². The van der Waals surface area contributed by atoms with Crippen LogP contribution in [0.3, 0.4) is 0 Å². The Balaban J connectivity index is 2.81. The third kappa shape index (κ3) is 5.46. The summed E-state index contributed by atoms with van der Waals surface area (Å²) in [5, 5.41) is 18.7. The molecule has 0 aliphatic heterocycles. The molecule has 116 valence electrons. The molecule has 0 saturated carbocycles. The largest absolute Gasteiger partial charge is 0.392 e. The van der Waals surface area contributed by atoms with Gasteiger partial charge in [-0.1, -0.05) is 20.8 Å². The molecule has 0 aromatic heterocycles. The van der Waals surface area contributed by atoms with Crippen molar-refractivity contribution < 1.29 is 13.5 Å². The first kappa shape index (κ1) is 17.6. The molecule has 0 radical (unpaired) electrons. The first-order valence-electron chi connectivity index (χ1n) is 6.74. The third-order valence-corrected chi connectivity index (χ3v) is 4.53. The molecule has 0 spiro atoms. The molecule has 1 atom stereocenters. The van der Waals surface area contributed by atoms with Crippen molar-refractivity contribution >= 4 is 10.0 Å². The molecule has 21 heavy (non-hydrogen) atoms.